The zero-order valence-electron chi connectivity index (χ0n) is 19.5. The summed E-state index contributed by atoms with van der Waals surface area (Å²) in [4.78, 5) is 41.6. The van der Waals surface area contributed by atoms with Crippen molar-refractivity contribution in [3.63, 3.8) is 0 Å². The molecule has 0 aliphatic carbocycles. The van der Waals surface area contributed by atoms with Crippen LogP contribution in [0.15, 0.2) is 58.1 Å². The summed E-state index contributed by atoms with van der Waals surface area (Å²) in [6.07, 6.45) is 1.67. The van der Waals surface area contributed by atoms with Crippen molar-refractivity contribution in [3.8, 4) is 5.75 Å². The number of nitrogens with zero attached hydrogens (tertiary/aromatic N) is 2. The lowest BCUT2D eigenvalue weighted by atomic mass is 10.0. The summed E-state index contributed by atoms with van der Waals surface area (Å²) in [6, 6.07) is 14.4. The standard InChI is InChI=1S/C26H30N4O4/c1-3-8-19(17-9-5-4-6-10-17)27-21-22(25(33)24(21)32)28-20-12-7-11-18(23(20)31)26(34)30-15-13-29(2)14-16-30/h4-7,9-12,19,27-28,31H,3,8,13-16H2,1-2H3/t19-/m1/s1. The average Bonchev–Trinajstić information content (AvgIpc) is 2.86. The minimum atomic E-state index is -0.652. The predicted octanol–water partition coefficient (Wildman–Crippen LogP) is 3.07. The summed E-state index contributed by atoms with van der Waals surface area (Å²) in [5.74, 6) is -0.497. The number of anilines is 3. The van der Waals surface area contributed by atoms with Crippen LogP contribution < -0.4 is 21.5 Å². The van der Waals surface area contributed by atoms with Gasteiger partial charge in [-0.05, 0) is 31.2 Å². The molecule has 1 fully saturated rings. The van der Waals surface area contributed by atoms with Crippen molar-refractivity contribution >= 4 is 23.0 Å². The molecule has 4 rings (SSSR count). The number of benzene rings is 2. The zero-order valence-corrected chi connectivity index (χ0v) is 19.5. The third-order valence-corrected chi connectivity index (χ3v) is 6.32. The molecule has 8 heteroatoms. The Hall–Kier alpha value is -3.65. The van der Waals surface area contributed by atoms with Gasteiger partial charge in [-0.25, -0.2) is 0 Å². The lowest BCUT2D eigenvalue weighted by Crippen LogP contribution is -2.47. The number of phenols is 1. The van der Waals surface area contributed by atoms with E-state index in [4.69, 9.17) is 0 Å². The van der Waals surface area contributed by atoms with Gasteiger partial charge in [-0.3, -0.25) is 14.4 Å². The smallest absolute Gasteiger partial charge is 0.257 e. The summed E-state index contributed by atoms with van der Waals surface area (Å²) in [5, 5.41) is 17.0. The lowest BCUT2D eigenvalue weighted by Gasteiger charge is -2.32. The number of hydrogen-bond donors (Lipinski definition) is 3. The molecule has 178 valence electrons. The molecule has 1 amide bonds. The maximum atomic E-state index is 13.0. The van der Waals surface area contributed by atoms with Crippen LogP contribution in [0.5, 0.6) is 5.75 Å². The maximum absolute atomic E-state index is 13.0. The summed E-state index contributed by atoms with van der Waals surface area (Å²) in [5.41, 5.74) is 0.442. The summed E-state index contributed by atoms with van der Waals surface area (Å²) in [6.45, 7) is 4.75. The number of hydrogen-bond acceptors (Lipinski definition) is 7. The first-order valence-corrected chi connectivity index (χ1v) is 11.6. The van der Waals surface area contributed by atoms with Crippen LogP contribution in [0.2, 0.25) is 0 Å². The third kappa shape index (κ3) is 4.68. The van der Waals surface area contributed by atoms with E-state index in [9.17, 15) is 19.5 Å². The highest BCUT2D eigenvalue weighted by Crippen LogP contribution is 2.33. The molecule has 0 bridgehead atoms. The van der Waals surface area contributed by atoms with E-state index in [1.54, 1.807) is 23.1 Å². The van der Waals surface area contributed by atoms with Gasteiger partial charge in [0.05, 0.1) is 17.3 Å². The minimum Gasteiger partial charge on any atom is -0.505 e. The summed E-state index contributed by atoms with van der Waals surface area (Å²) < 4.78 is 0. The Bertz CT molecular complexity index is 1230. The van der Waals surface area contributed by atoms with Crippen molar-refractivity contribution in [3.05, 3.63) is 80.1 Å². The normalized spacial score (nSPS) is 15.3. The van der Waals surface area contributed by atoms with Gasteiger partial charge in [0.2, 0.25) is 0 Å². The van der Waals surface area contributed by atoms with Crippen molar-refractivity contribution in [2.24, 2.45) is 0 Å². The number of rotatable bonds is 8. The molecule has 0 aromatic heterocycles. The molecule has 1 atom stereocenters. The molecule has 3 aromatic carbocycles. The van der Waals surface area contributed by atoms with E-state index in [1.165, 1.54) is 0 Å². The average molecular weight is 463 g/mol. The number of phenolic OH excluding ortho intramolecular Hbond substituents is 1. The Morgan fingerprint density at radius 2 is 1.65 bits per heavy atom. The number of carbonyl (C=O) groups is 1. The van der Waals surface area contributed by atoms with Crippen molar-refractivity contribution in [2.45, 2.75) is 25.8 Å². The van der Waals surface area contributed by atoms with Crippen molar-refractivity contribution in [2.75, 3.05) is 43.9 Å². The molecule has 1 aliphatic rings. The van der Waals surface area contributed by atoms with Crippen LogP contribution in [0, 0.1) is 0 Å². The molecule has 3 aromatic rings. The van der Waals surface area contributed by atoms with Crippen molar-refractivity contribution in [1.82, 2.24) is 9.80 Å². The number of piperazine rings is 1. The molecule has 0 unspecified atom stereocenters. The number of para-hydroxylation sites is 1. The van der Waals surface area contributed by atoms with Gasteiger partial charge >= 0.3 is 0 Å². The fraction of sp³-hybridized carbons (Fsp3) is 0.346. The molecule has 34 heavy (non-hydrogen) atoms. The second-order valence-electron chi connectivity index (χ2n) is 8.73. The highest BCUT2D eigenvalue weighted by atomic mass is 16.3. The number of aromatic hydroxyl groups is 1. The predicted molar refractivity (Wildman–Crippen MR) is 134 cm³/mol. The van der Waals surface area contributed by atoms with Gasteiger partial charge in [0.25, 0.3) is 16.8 Å². The topological polar surface area (TPSA) is 102 Å². The monoisotopic (exact) mass is 462 g/mol. The van der Waals surface area contributed by atoms with Crippen LogP contribution in [0.3, 0.4) is 0 Å². The second-order valence-corrected chi connectivity index (χ2v) is 8.73. The van der Waals surface area contributed by atoms with E-state index in [0.29, 0.717) is 13.1 Å². The minimum absolute atomic E-state index is 0.0986. The molecule has 1 heterocycles. The van der Waals surface area contributed by atoms with E-state index in [2.05, 4.69) is 22.5 Å². The molecule has 1 saturated heterocycles. The Morgan fingerprint density at radius 1 is 0.971 bits per heavy atom. The number of likely N-dealkylation sites (N-methyl/N-ethyl adjacent to an activating group) is 1. The number of nitrogens with one attached hydrogen (secondary N) is 2. The molecular formula is C26H30N4O4. The van der Waals surface area contributed by atoms with Gasteiger partial charge in [-0.2, -0.15) is 0 Å². The molecule has 3 N–H and O–H groups in total. The molecule has 8 nitrogen and oxygen atoms in total. The Kier molecular flexibility index (Phi) is 6.98. The zero-order chi connectivity index (χ0) is 24.2. The molecule has 0 spiro atoms. The first-order valence-electron chi connectivity index (χ1n) is 11.6. The first-order chi connectivity index (χ1) is 16.4. The first kappa shape index (κ1) is 23.5. The SMILES string of the molecule is CCC[C@@H](Nc1c(Nc2cccc(C(=O)N3CCN(C)CC3)c2O)c(=O)c1=O)c1ccccc1. The van der Waals surface area contributed by atoms with Gasteiger partial charge in [-0.15, -0.1) is 0 Å². The van der Waals surface area contributed by atoms with Crippen LogP contribution in [-0.4, -0.2) is 54.0 Å². The molecule has 0 radical (unpaired) electrons. The van der Waals surface area contributed by atoms with Crippen LogP contribution in [-0.2, 0) is 0 Å². The van der Waals surface area contributed by atoms with Crippen molar-refractivity contribution in [1.29, 1.82) is 0 Å². The van der Waals surface area contributed by atoms with Gasteiger partial charge < -0.3 is 25.5 Å². The quantitative estimate of drug-likeness (QED) is 0.349. The second kappa shape index (κ2) is 10.1. The lowest BCUT2D eigenvalue weighted by molar-refractivity contribution is 0.0661. The van der Waals surface area contributed by atoms with E-state index >= 15 is 0 Å². The van der Waals surface area contributed by atoms with Gasteiger partial charge in [-0.1, -0.05) is 49.7 Å². The fourth-order valence-corrected chi connectivity index (χ4v) is 4.25. The largest absolute Gasteiger partial charge is 0.505 e. The van der Waals surface area contributed by atoms with Crippen molar-refractivity contribution < 1.29 is 9.90 Å². The maximum Gasteiger partial charge on any atom is 0.257 e. The molecule has 0 saturated carbocycles. The Labute approximate surface area is 198 Å². The highest BCUT2D eigenvalue weighted by Gasteiger charge is 2.27. The fourth-order valence-electron chi connectivity index (χ4n) is 4.25. The highest BCUT2D eigenvalue weighted by molar-refractivity contribution is 5.99. The van der Waals surface area contributed by atoms with Crippen LogP contribution in [0.1, 0.15) is 41.7 Å². The molecular weight excluding hydrogens is 432 g/mol. The van der Waals surface area contributed by atoms with Gasteiger partial charge in [0.15, 0.2) is 5.75 Å². The van der Waals surface area contributed by atoms with Crippen LogP contribution in [0.25, 0.3) is 0 Å². The van der Waals surface area contributed by atoms with Gasteiger partial charge in [0, 0.05) is 26.2 Å². The summed E-state index contributed by atoms with van der Waals surface area (Å²) >= 11 is 0. The van der Waals surface area contributed by atoms with Gasteiger partial charge in [0.1, 0.15) is 11.4 Å². The van der Waals surface area contributed by atoms with E-state index < -0.39 is 10.9 Å². The Balaban J connectivity index is 1.57. The van der Waals surface area contributed by atoms with Crippen LogP contribution >= 0.6 is 0 Å². The number of carbonyl (C=O) groups excluding carboxylic acids is 1. The third-order valence-electron chi connectivity index (χ3n) is 6.32. The van der Waals surface area contributed by atoms with E-state index in [0.717, 1.165) is 31.5 Å². The van der Waals surface area contributed by atoms with E-state index in [-0.39, 0.29) is 40.3 Å². The van der Waals surface area contributed by atoms with Crippen LogP contribution in [0.4, 0.5) is 17.1 Å². The number of amides is 1. The van der Waals surface area contributed by atoms with E-state index in [1.807, 2.05) is 37.4 Å². The molecule has 1 aliphatic heterocycles. The Morgan fingerprint density at radius 3 is 2.32 bits per heavy atom. The summed E-state index contributed by atoms with van der Waals surface area (Å²) in [7, 11) is 2.00.